The molecule has 0 aromatic carbocycles. The highest BCUT2D eigenvalue weighted by Gasteiger charge is 2.33. The summed E-state index contributed by atoms with van der Waals surface area (Å²) >= 11 is 0. The summed E-state index contributed by atoms with van der Waals surface area (Å²) in [6, 6.07) is -2.67. The number of carbonyl (C=O) groups excluding carboxylic acids is 2. The number of aliphatic hydroxyl groups excluding tert-OH is 1. The van der Waals surface area contributed by atoms with Crippen molar-refractivity contribution in [2.75, 3.05) is 13.2 Å². The summed E-state index contributed by atoms with van der Waals surface area (Å²) in [6.07, 6.45) is 1.31. The maximum Gasteiger partial charge on any atom is 0.318 e. The van der Waals surface area contributed by atoms with Gasteiger partial charge in [0.15, 0.2) is 11.6 Å². The van der Waals surface area contributed by atoms with Gasteiger partial charge in [-0.2, -0.15) is 4.98 Å². The summed E-state index contributed by atoms with van der Waals surface area (Å²) in [5, 5.41) is 24.5. The average Bonchev–Trinajstić information content (AvgIpc) is 3.26. The van der Waals surface area contributed by atoms with Gasteiger partial charge in [-0.1, -0.05) is 12.6 Å². The highest BCUT2D eigenvalue weighted by atomic mass is 16.5. The molecule has 0 bridgehead atoms. The number of carboxylic acids is 1. The van der Waals surface area contributed by atoms with E-state index < -0.39 is 36.7 Å². The van der Waals surface area contributed by atoms with E-state index in [4.69, 9.17) is 15.4 Å². The number of amides is 2. The van der Waals surface area contributed by atoms with Gasteiger partial charge in [-0.05, 0) is 26.2 Å². The average molecular weight is 385 g/mol. The molecule has 2 heterocycles. The number of rotatable bonds is 8. The van der Waals surface area contributed by atoms with Gasteiger partial charge in [-0.25, -0.2) is 4.79 Å². The Morgan fingerprint density at radius 1 is 1.44 bits per heavy atom. The molecule has 11 heteroatoms. The number of likely N-dealkylation sites (tertiary alicyclic amines) is 1. The lowest BCUT2D eigenvalue weighted by molar-refractivity contribution is -0.137. The number of carbonyl (C=O) groups is 3. The van der Waals surface area contributed by atoms with Gasteiger partial charge < -0.3 is 30.7 Å². The van der Waals surface area contributed by atoms with Crippen LogP contribution in [0.5, 0.6) is 0 Å². The van der Waals surface area contributed by atoms with E-state index in [1.807, 2.05) is 0 Å². The fraction of sp³-hybridized carbons (Fsp3) is 0.688. The lowest BCUT2D eigenvalue weighted by Crippen LogP contribution is -2.47. The molecular weight excluding hydrogens is 358 g/mol. The van der Waals surface area contributed by atoms with E-state index in [9.17, 15) is 19.5 Å². The van der Waals surface area contributed by atoms with Crippen LogP contribution in [0.1, 0.15) is 63.8 Å². The monoisotopic (exact) mass is 385 g/mol. The Morgan fingerprint density at radius 3 is 2.74 bits per heavy atom. The summed E-state index contributed by atoms with van der Waals surface area (Å²) in [5.74, 6) is -1.03. The van der Waals surface area contributed by atoms with E-state index in [1.54, 1.807) is 0 Å². The van der Waals surface area contributed by atoms with Crippen LogP contribution in [0.2, 0.25) is 0 Å². The largest absolute Gasteiger partial charge is 0.481 e. The number of hydrogen-bond donors (Lipinski definition) is 4. The summed E-state index contributed by atoms with van der Waals surface area (Å²) in [6.45, 7) is 1.39. The zero-order valence-corrected chi connectivity index (χ0v) is 14.4. The predicted molar refractivity (Wildman–Crippen MR) is 93.6 cm³/mol. The molecule has 1 aromatic heterocycles. The highest BCUT2D eigenvalue weighted by molar-refractivity contribution is 5.87. The van der Waals surface area contributed by atoms with Crippen molar-refractivity contribution in [3.63, 3.8) is 0 Å². The van der Waals surface area contributed by atoms with Crippen LogP contribution in [0.25, 0.3) is 0 Å². The standard InChI is InChI=1S/C15H23N5O6.CH4/c1-8(22)11-3-2-6-20(11)15(25)17-10(7-21)14-18-13(19-26-14)9(16)4-5-12(23)24;/h9-11,21H,2-7,16H2,1H3,(H,17,25)(H,23,24);1H4/t9-,10-,11?;/m0./s1. The van der Waals surface area contributed by atoms with Gasteiger partial charge in [0.05, 0.1) is 18.7 Å². The van der Waals surface area contributed by atoms with Crippen LogP contribution in [0, 0.1) is 0 Å². The molecule has 11 nitrogen and oxygen atoms in total. The molecule has 2 amide bonds. The molecule has 0 saturated carbocycles. The molecule has 5 N–H and O–H groups in total. The van der Waals surface area contributed by atoms with Crippen molar-refractivity contribution in [1.29, 1.82) is 0 Å². The van der Waals surface area contributed by atoms with Gasteiger partial charge in [0.1, 0.15) is 6.04 Å². The fourth-order valence-corrected chi connectivity index (χ4v) is 2.80. The van der Waals surface area contributed by atoms with E-state index in [1.165, 1.54) is 11.8 Å². The summed E-state index contributed by atoms with van der Waals surface area (Å²) in [5.41, 5.74) is 5.81. The minimum atomic E-state index is -0.990. The van der Waals surface area contributed by atoms with E-state index >= 15 is 0 Å². The Bertz CT molecular complexity index is 663. The molecule has 1 fully saturated rings. The summed E-state index contributed by atoms with van der Waals surface area (Å²) < 4.78 is 5.03. The Balaban J connectivity index is 0.00000364. The second-order valence-corrected chi connectivity index (χ2v) is 6.18. The Labute approximate surface area is 156 Å². The second kappa shape index (κ2) is 9.97. The number of aromatic nitrogens is 2. The molecule has 1 aromatic rings. The van der Waals surface area contributed by atoms with E-state index in [-0.39, 0.29) is 37.8 Å². The Morgan fingerprint density at radius 2 is 2.15 bits per heavy atom. The van der Waals surface area contributed by atoms with E-state index in [0.29, 0.717) is 13.0 Å². The zero-order chi connectivity index (χ0) is 19.3. The molecular formula is C16H27N5O6. The Hall–Kier alpha value is -2.53. The van der Waals surface area contributed by atoms with Crippen molar-refractivity contribution in [3.8, 4) is 0 Å². The maximum atomic E-state index is 12.4. The van der Waals surface area contributed by atoms with Crippen LogP contribution in [0.4, 0.5) is 4.79 Å². The number of Topliss-reactive ketones (excluding diaryl/α,β-unsaturated/α-hetero) is 1. The van der Waals surface area contributed by atoms with E-state index in [0.717, 1.165) is 6.42 Å². The number of aliphatic hydroxyl groups is 1. The lowest BCUT2D eigenvalue weighted by Gasteiger charge is -2.24. The van der Waals surface area contributed by atoms with Crippen LogP contribution in [0.3, 0.4) is 0 Å². The molecule has 27 heavy (non-hydrogen) atoms. The molecule has 0 radical (unpaired) electrons. The second-order valence-electron chi connectivity index (χ2n) is 6.18. The number of nitrogens with two attached hydrogens (primary N) is 1. The molecule has 0 spiro atoms. The van der Waals surface area contributed by atoms with Gasteiger partial charge >= 0.3 is 12.0 Å². The normalized spacial score (nSPS) is 18.5. The lowest BCUT2D eigenvalue weighted by atomic mass is 10.1. The van der Waals surface area contributed by atoms with Crippen LogP contribution in [-0.4, -0.2) is 62.2 Å². The SMILES string of the molecule is C.CC(=O)C1CCCN1C(=O)N[C@@H](CO)c1nc([C@@H](N)CCC(=O)O)no1. The summed E-state index contributed by atoms with van der Waals surface area (Å²) in [7, 11) is 0. The molecule has 152 valence electrons. The highest BCUT2D eigenvalue weighted by Crippen LogP contribution is 2.20. The molecule has 1 unspecified atom stereocenters. The minimum Gasteiger partial charge on any atom is -0.481 e. The smallest absolute Gasteiger partial charge is 0.318 e. The van der Waals surface area contributed by atoms with Gasteiger partial charge in [0.2, 0.25) is 0 Å². The third kappa shape index (κ3) is 5.73. The molecule has 1 aliphatic rings. The first kappa shape index (κ1) is 22.5. The first-order valence-corrected chi connectivity index (χ1v) is 8.32. The third-order valence-electron chi connectivity index (χ3n) is 4.22. The number of hydrogen-bond acceptors (Lipinski definition) is 8. The molecule has 2 rings (SSSR count). The van der Waals surface area contributed by atoms with Crippen molar-refractivity contribution < 1.29 is 29.1 Å². The molecule has 0 aliphatic carbocycles. The van der Waals surface area contributed by atoms with E-state index in [2.05, 4.69) is 15.5 Å². The van der Waals surface area contributed by atoms with Crippen molar-refractivity contribution in [1.82, 2.24) is 20.4 Å². The number of aliphatic carboxylic acids is 1. The predicted octanol–water partition coefficient (Wildman–Crippen LogP) is 0.367. The third-order valence-corrected chi connectivity index (χ3v) is 4.22. The first-order valence-electron chi connectivity index (χ1n) is 8.32. The van der Waals surface area contributed by atoms with Crippen molar-refractivity contribution in [3.05, 3.63) is 11.7 Å². The maximum absolute atomic E-state index is 12.4. The van der Waals surface area contributed by atoms with Crippen LogP contribution >= 0.6 is 0 Å². The number of nitrogens with zero attached hydrogens (tertiary/aromatic N) is 3. The number of ketones is 1. The first-order chi connectivity index (χ1) is 12.3. The van der Waals surface area contributed by atoms with Crippen molar-refractivity contribution >= 4 is 17.8 Å². The molecule has 1 aliphatic heterocycles. The minimum absolute atomic E-state index is 0. The van der Waals surface area contributed by atoms with Crippen molar-refractivity contribution in [2.45, 2.75) is 58.2 Å². The van der Waals surface area contributed by atoms with Gasteiger partial charge in [-0.15, -0.1) is 0 Å². The Kier molecular flexibility index (Phi) is 8.32. The van der Waals surface area contributed by atoms with Crippen LogP contribution in [0.15, 0.2) is 4.52 Å². The van der Waals surface area contributed by atoms with Crippen LogP contribution in [-0.2, 0) is 9.59 Å². The van der Waals surface area contributed by atoms with Gasteiger partial charge in [-0.3, -0.25) is 9.59 Å². The van der Waals surface area contributed by atoms with Gasteiger partial charge in [0, 0.05) is 13.0 Å². The number of urea groups is 1. The fourth-order valence-electron chi connectivity index (χ4n) is 2.80. The van der Waals surface area contributed by atoms with Gasteiger partial charge in [0.25, 0.3) is 5.89 Å². The molecule has 1 saturated heterocycles. The topological polar surface area (TPSA) is 172 Å². The number of nitrogens with one attached hydrogen (secondary N) is 1. The molecule has 3 atom stereocenters. The number of carboxylic acid groups (broad SMARTS) is 1. The van der Waals surface area contributed by atoms with Crippen LogP contribution < -0.4 is 11.1 Å². The van der Waals surface area contributed by atoms with Crippen molar-refractivity contribution in [2.24, 2.45) is 5.73 Å². The zero-order valence-electron chi connectivity index (χ0n) is 14.4. The quantitative estimate of drug-likeness (QED) is 0.493. The summed E-state index contributed by atoms with van der Waals surface area (Å²) in [4.78, 5) is 40.0.